The number of amides is 3. The number of carbonyl (C=O) groups excluding carboxylic acids is 2. The molecular weight excluding hydrogens is 220 g/mol. The lowest BCUT2D eigenvalue weighted by atomic mass is 10.1. The molecule has 0 saturated carbocycles. The van der Waals surface area contributed by atoms with Crippen molar-refractivity contribution in [3.63, 3.8) is 0 Å². The molecule has 0 aliphatic carbocycles. The molecule has 0 spiro atoms. The monoisotopic (exact) mass is 231 g/mol. The summed E-state index contributed by atoms with van der Waals surface area (Å²) in [7, 11) is 0. The Balaban J connectivity index is 1.90. The van der Waals surface area contributed by atoms with Crippen LogP contribution in [-0.4, -0.2) is 23.0 Å². The molecule has 86 valence electrons. The molecule has 0 unspecified atom stereocenters. The maximum atomic E-state index is 11.4. The second-order valence-corrected chi connectivity index (χ2v) is 4.08. The minimum Gasteiger partial charge on any atom is -0.361 e. The molecule has 0 radical (unpaired) electrons. The Labute approximate surface area is 97.2 Å². The van der Waals surface area contributed by atoms with Gasteiger partial charge in [-0.2, -0.15) is 0 Å². The molecule has 3 rings (SSSR count). The molecule has 3 N–H and O–H groups in total. The lowest BCUT2D eigenvalue weighted by molar-refractivity contribution is -0.120. The van der Waals surface area contributed by atoms with E-state index in [2.05, 4.69) is 15.6 Å². The van der Waals surface area contributed by atoms with Gasteiger partial charge in [0.05, 0.1) is 0 Å². The van der Waals surface area contributed by atoms with Gasteiger partial charge in [0.2, 0.25) is 0 Å². The topological polar surface area (TPSA) is 74.0 Å². The molecule has 1 atom stereocenters. The zero-order chi connectivity index (χ0) is 11.8. The summed E-state index contributed by atoms with van der Waals surface area (Å²) < 4.78 is 0. The van der Waals surface area contributed by atoms with Crippen molar-refractivity contribution in [3.8, 4) is 0 Å². The van der Waals surface area contributed by atoms with E-state index in [1.807, 2.05) is 30.5 Å². The van der Waals surface area contributed by atoms with Crippen molar-refractivity contribution >= 4 is 22.8 Å². The van der Waals surface area contributed by atoms with E-state index in [1.54, 1.807) is 0 Å². The fourth-order valence-corrected chi connectivity index (χ4v) is 2.12. The van der Waals surface area contributed by atoms with E-state index in [1.165, 1.54) is 0 Å². The minimum absolute atomic E-state index is 0.264. The highest BCUT2D eigenvalue weighted by atomic mass is 16.2. The van der Waals surface area contributed by atoms with Gasteiger partial charge in [-0.1, -0.05) is 18.2 Å². The van der Waals surface area contributed by atoms with Crippen LogP contribution in [0.25, 0.3) is 10.9 Å². The molecule has 5 heteroatoms. The smallest absolute Gasteiger partial charge is 0.322 e. The fourth-order valence-electron chi connectivity index (χ4n) is 2.12. The average Bonchev–Trinajstić information content (AvgIpc) is 2.85. The van der Waals surface area contributed by atoms with E-state index in [0.717, 1.165) is 16.5 Å². The Morgan fingerprint density at radius 1 is 1.24 bits per heavy atom. The van der Waals surface area contributed by atoms with Crippen LogP contribution in [0, 0.1) is 0 Å². The first-order valence-electron chi connectivity index (χ1n) is 5.40. The Kier molecular flexibility index (Phi) is 2.11. The largest absolute Gasteiger partial charge is 0.361 e. The number of rotatable bonds is 2. The van der Waals surface area contributed by atoms with E-state index in [4.69, 9.17) is 0 Å². The van der Waals surface area contributed by atoms with E-state index < -0.39 is 12.1 Å². The number of para-hydroxylation sites is 1. The number of urea groups is 1. The van der Waals surface area contributed by atoms with Gasteiger partial charge >= 0.3 is 6.03 Å². The second-order valence-electron chi connectivity index (χ2n) is 4.08. The standard InChI is InChI=1S/C12H11N3O2/c16-11-10(14-12(17)15-11)5-7-6-13-9-4-2-1-3-8(7)9/h1-4,6,10,13H,5H2,(H2,14,15,16,17)/t10-/m0/s1/i6+2. The first-order chi connectivity index (χ1) is 8.24. The van der Waals surface area contributed by atoms with Crippen molar-refractivity contribution in [2.24, 2.45) is 0 Å². The Hall–Kier alpha value is -2.30. The van der Waals surface area contributed by atoms with Crippen molar-refractivity contribution in [2.45, 2.75) is 12.5 Å². The highest BCUT2D eigenvalue weighted by Gasteiger charge is 2.29. The van der Waals surface area contributed by atoms with E-state index in [0.29, 0.717) is 6.42 Å². The third-order valence-corrected chi connectivity index (χ3v) is 2.96. The van der Waals surface area contributed by atoms with E-state index >= 15 is 0 Å². The van der Waals surface area contributed by atoms with Gasteiger partial charge in [0.15, 0.2) is 0 Å². The third kappa shape index (κ3) is 1.65. The number of aromatic amines is 1. The van der Waals surface area contributed by atoms with Crippen molar-refractivity contribution < 1.29 is 9.59 Å². The molecular formula is C12H11N3O2. The summed E-state index contributed by atoms with van der Waals surface area (Å²) in [5.41, 5.74) is 2.06. The molecule has 17 heavy (non-hydrogen) atoms. The molecule has 1 aromatic heterocycles. The molecule has 1 aliphatic rings. The van der Waals surface area contributed by atoms with Crippen LogP contribution in [0.5, 0.6) is 0 Å². The average molecular weight is 231 g/mol. The molecule has 2 aromatic rings. The van der Waals surface area contributed by atoms with Crippen LogP contribution in [0.3, 0.4) is 0 Å². The van der Waals surface area contributed by atoms with Gasteiger partial charge in [0.1, 0.15) is 6.04 Å². The van der Waals surface area contributed by atoms with Crippen molar-refractivity contribution in [2.75, 3.05) is 0 Å². The van der Waals surface area contributed by atoms with Gasteiger partial charge in [-0.05, 0) is 11.6 Å². The van der Waals surface area contributed by atoms with Crippen LogP contribution in [0.4, 0.5) is 4.79 Å². The maximum absolute atomic E-state index is 11.4. The number of hydrogen-bond acceptors (Lipinski definition) is 2. The van der Waals surface area contributed by atoms with Gasteiger partial charge in [0.25, 0.3) is 5.91 Å². The van der Waals surface area contributed by atoms with Crippen LogP contribution in [-0.2, 0) is 11.2 Å². The molecule has 0 bridgehead atoms. The number of aromatic nitrogens is 1. The van der Waals surface area contributed by atoms with E-state index in [9.17, 15) is 9.59 Å². The first kappa shape index (κ1) is 9.89. The Bertz CT molecular complexity index is 603. The summed E-state index contributed by atoms with van der Waals surface area (Å²) in [6.45, 7) is 0. The quantitative estimate of drug-likeness (QED) is 0.672. The molecule has 1 aromatic carbocycles. The number of imide groups is 1. The summed E-state index contributed by atoms with van der Waals surface area (Å²) >= 11 is 0. The summed E-state index contributed by atoms with van der Waals surface area (Å²) in [6, 6.07) is 6.99. The molecule has 1 aliphatic heterocycles. The van der Waals surface area contributed by atoms with Gasteiger partial charge in [-0.3, -0.25) is 10.1 Å². The summed E-state index contributed by atoms with van der Waals surface area (Å²) in [5.74, 6) is -0.264. The van der Waals surface area contributed by atoms with Crippen molar-refractivity contribution in [3.05, 3.63) is 36.0 Å². The Morgan fingerprint density at radius 2 is 2.06 bits per heavy atom. The van der Waals surface area contributed by atoms with Crippen molar-refractivity contribution in [1.82, 2.24) is 15.6 Å². The highest BCUT2D eigenvalue weighted by Crippen LogP contribution is 2.19. The maximum Gasteiger partial charge on any atom is 0.322 e. The summed E-state index contributed by atoms with van der Waals surface area (Å²) in [4.78, 5) is 25.6. The van der Waals surface area contributed by atoms with Crippen LogP contribution in [0.1, 0.15) is 5.56 Å². The minimum atomic E-state index is -0.471. The number of fused-ring (bicyclic) bond motifs is 1. The number of nitrogens with one attached hydrogen (secondary N) is 3. The second kappa shape index (κ2) is 3.62. The molecule has 1 fully saturated rings. The van der Waals surface area contributed by atoms with Gasteiger partial charge < -0.3 is 10.3 Å². The predicted molar refractivity (Wildman–Crippen MR) is 62.5 cm³/mol. The zero-order valence-electron chi connectivity index (χ0n) is 8.99. The SMILES string of the molecule is O=C1NC(=O)[C@H](Cc2[14cH][nH]c3ccccc23)N1. The molecule has 5 nitrogen and oxygen atoms in total. The number of hydrogen-bond donors (Lipinski definition) is 3. The Morgan fingerprint density at radius 3 is 2.82 bits per heavy atom. The number of H-pyrrole nitrogens is 1. The fraction of sp³-hybridized carbons (Fsp3) is 0.167. The lowest BCUT2D eigenvalue weighted by Gasteiger charge is -2.05. The molecule has 1 saturated heterocycles. The van der Waals surface area contributed by atoms with Gasteiger partial charge in [0, 0.05) is 23.5 Å². The van der Waals surface area contributed by atoms with Crippen molar-refractivity contribution in [1.29, 1.82) is 0 Å². The summed E-state index contributed by atoms with van der Waals surface area (Å²) in [6.07, 6.45) is 2.38. The van der Waals surface area contributed by atoms with E-state index in [-0.39, 0.29) is 5.91 Å². The first-order valence-corrected chi connectivity index (χ1v) is 5.40. The van der Waals surface area contributed by atoms with Crippen LogP contribution in [0.2, 0.25) is 0 Å². The lowest BCUT2D eigenvalue weighted by Crippen LogP contribution is -2.30. The highest BCUT2D eigenvalue weighted by molar-refractivity contribution is 6.04. The molecule has 2 heterocycles. The number of benzene rings is 1. The molecule has 3 amide bonds. The van der Waals surface area contributed by atoms with Crippen LogP contribution < -0.4 is 10.6 Å². The normalized spacial score (nSPS) is 19.4. The van der Waals surface area contributed by atoms with Crippen LogP contribution in [0.15, 0.2) is 30.5 Å². The van der Waals surface area contributed by atoms with Gasteiger partial charge in [-0.25, -0.2) is 4.79 Å². The third-order valence-electron chi connectivity index (χ3n) is 2.96. The zero-order valence-corrected chi connectivity index (χ0v) is 8.99. The van der Waals surface area contributed by atoms with Crippen LogP contribution >= 0.6 is 0 Å². The van der Waals surface area contributed by atoms with Gasteiger partial charge in [-0.15, -0.1) is 0 Å². The number of carbonyl (C=O) groups is 2. The predicted octanol–water partition coefficient (Wildman–Crippen LogP) is 0.918. The summed E-state index contributed by atoms with van der Waals surface area (Å²) in [5, 5.41) is 5.91.